The highest BCUT2D eigenvalue weighted by atomic mass is 35.5. The first kappa shape index (κ1) is 96.8. The number of rotatable bonds is 29. The minimum Gasteiger partial charge on any atom is -0.508 e. The van der Waals surface area contributed by atoms with Gasteiger partial charge in [0.2, 0.25) is 0 Å². The average molecular weight is 1650 g/mol. The van der Waals surface area contributed by atoms with Gasteiger partial charge in [-0.2, -0.15) is 0 Å². The van der Waals surface area contributed by atoms with Gasteiger partial charge in [-0.05, 0) is 218 Å². The second kappa shape index (κ2) is 45.8. The molecule has 0 aliphatic heterocycles. The van der Waals surface area contributed by atoms with E-state index in [-0.39, 0.29) is 89.0 Å². The van der Waals surface area contributed by atoms with E-state index in [2.05, 4.69) is 189 Å². The molecule has 0 spiro atoms. The van der Waals surface area contributed by atoms with Crippen molar-refractivity contribution in [2.75, 3.05) is 35.5 Å². The number of carboxylic acid groups (broad SMARTS) is 2. The fourth-order valence-electron chi connectivity index (χ4n) is 13.6. The topological polar surface area (TPSA) is 214 Å². The number of phenolic OH excluding ortho intramolecular Hbond substituents is 2. The second-order valence-corrected chi connectivity index (χ2v) is 33.3. The normalized spacial score (nSPS) is 12.0. The summed E-state index contributed by atoms with van der Waals surface area (Å²) in [5.74, 6) is 1.94. The van der Waals surface area contributed by atoms with Crippen molar-refractivity contribution in [3.63, 3.8) is 0 Å². The van der Waals surface area contributed by atoms with E-state index in [4.69, 9.17) is 35.3 Å². The highest BCUT2D eigenvalue weighted by Crippen LogP contribution is 2.41. The number of alkyl halides is 1. The van der Waals surface area contributed by atoms with Crippen LogP contribution in [0.1, 0.15) is 195 Å². The van der Waals surface area contributed by atoms with Crippen LogP contribution in [0.2, 0.25) is 0 Å². The minimum absolute atomic E-state index is 0.0134. The van der Waals surface area contributed by atoms with Gasteiger partial charge in [0.1, 0.15) is 53.5 Å². The van der Waals surface area contributed by atoms with E-state index in [1.165, 1.54) is 53.2 Å². The monoisotopic (exact) mass is 1640 g/mol. The van der Waals surface area contributed by atoms with Crippen LogP contribution in [0.3, 0.4) is 0 Å². The van der Waals surface area contributed by atoms with Crippen molar-refractivity contribution in [1.82, 2.24) is 0 Å². The third-order valence-electron chi connectivity index (χ3n) is 20.2. The van der Waals surface area contributed by atoms with Gasteiger partial charge in [-0.15, -0.1) is 11.6 Å². The molecule has 15 nitrogen and oxygen atoms in total. The highest BCUT2D eigenvalue weighted by Gasteiger charge is 2.26. The maximum atomic E-state index is 11.3. The molecule has 0 amide bonds. The van der Waals surface area contributed by atoms with Crippen LogP contribution in [-0.2, 0) is 64.0 Å². The quantitative estimate of drug-likeness (QED) is 0.0195. The molecule has 10 rings (SSSR count). The average Bonchev–Trinajstić information content (AvgIpc) is 0.802. The molecule has 0 fully saturated rings. The highest BCUT2D eigenvalue weighted by molar-refractivity contribution is 6.17. The summed E-state index contributed by atoms with van der Waals surface area (Å²) in [5.41, 5.74) is 21.0. The first-order valence-electron chi connectivity index (χ1n) is 39.8. The Morgan fingerprint density at radius 1 is 0.342 bits per heavy atom. The number of benzene rings is 10. The van der Waals surface area contributed by atoms with Crippen LogP contribution >= 0.6 is 11.6 Å². The van der Waals surface area contributed by atoms with Crippen molar-refractivity contribution in [2.24, 2.45) is 0 Å². The summed E-state index contributed by atoms with van der Waals surface area (Å²) in [5, 5.41) is 37.3. The molecule has 0 aliphatic carbocycles. The fraction of sp³-hybridized carbons (Fsp3) is 0.308. The van der Waals surface area contributed by atoms with Crippen LogP contribution in [0.4, 0.5) is 0 Å². The Morgan fingerprint density at radius 3 is 0.875 bits per heavy atom. The van der Waals surface area contributed by atoms with Gasteiger partial charge >= 0.3 is 23.9 Å². The number of hydrogen-bond acceptors (Lipinski definition) is 13. The summed E-state index contributed by atoms with van der Waals surface area (Å²) < 4.78 is 37.7. The van der Waals surface area contributed by atoms with Crippen LogP contribution in [0, 0.1) is 0 Å². The largest absolute Gasteiger partial charge is 0.508 e. The van der Waals surface area contributed by atoms with Gasteiger partial charge < -0.3 is 53.6 Å². The SMILES string of the molecule is C=C(C)[C@@H](CC(=O)O)c1cccc(OCc2ccc(-c3cccc(OC)c3)c(C(C)(C)C)c2)c1.C=C(C)[C@@H](CC(=O)OC)c1cccc(O)c1.C=C(C)[C@H](CC(=O)O)c1cccc(OCc2ccc(-c3cccc(OC)c3)c(C(C)(C)C)c2)c1.C=C(C)[C@H](CC(=O)OC)c1cccc(O)c1.COc1cccc(-c2ccc(CCl)cc2C(C)(C)C)c1. The number of allylic oxidation sites excluding steroid dienone is 4. The first-order valence-corrected chi connectivity index (χ1v) is 40.4. The maximum absolute atomic E-state index is 11.3. The van der Waals surface area contributed by atoms with Gasteiger partial charge in [-0.25, -0.2) is 0 Å². The number of carbonyl (C=O) groups excluding carboxylic acids is 2. The molecule has 10 aromatic rings. The Labute approximate surface area is 716 Å². The number of methoxy groups -OCH3 is 5. The smallest absolute Gasteiger partial charge is 0.306 e. The molecule has 16 heteroatoms. The van der Waals surface area contributed by atoms with Crippen molar-refractivity contribution in [1.29, 1.82) is 0 Å². The van der Waals surface area contributed by atoms with Gasteiger partial charge in [-0.3, -0.25) is 19.2 Å². The van der Waals surface area contributed by atoms with E-state index in [1.807, 2.05) is 125 Å². The predicted molar refractivity (Wildman–Crippen MR) is 487 cm³/mol. The first-order chi connectivity index (χ1) is 56.7. The Hall–Kier alpha value is -12.1. The summed E-state index contributed by atoms with van der Waals surface area (Å²) in [6, 6.07) is 72.7. The third-order valence-corrected chi connectivity index (χ3v) is 20.5. The Kier molecular flexibility index (Phi) is 36.9. The summed E-state index contributed by atoms with van der Waals surface area (Å²) >= 11 is 5.98. The number of hydrogen-bond donors (Lipinski definition) is 4. The zero-order valence-corrected chi connectivity index (χ0v) is 73.9. The second-order valence-electron chi connectivity index (χ2n) is 33.0. The van der Waals surface area contributed by atoms with E-state index in [9.17, 15) is 39.6 Å². The van der Waals surface area contributed by atoms with Crippen molar-refractivity contribution in [2.45, 2.75) is 175 Å². The molecular formula is C104H121ClO15. The molecule has 634 valence electrons. The lowest BCUT2D eigenvalue weighted by atomic mass is 9.81. The number of aromatic hydroxyl groups is 2. The van der Waals surface area contributed by atoms with E-state index < -0.39 is 11.9 Å². The van der Waals surface area contributed by atoms with E-state index >= 15 is 0 Å². The van der Waals surface area contributed by atoms with Crippen LogP contribution in [0.25, 0.3) is 33.4 Å². The zero-order valence-electron chi connectivity index (χ0n) is 73.1. The van der Waals surface area contributed by atoms with E-state index in [1.54, 1.807) is 57.7 Å². The fourth-order valence-corrected chi connectivity index (χ4v) is 13.8. The standard InChI is InChI=1S/2C30H34O4.C18H21ClO.2C13H16O3/c2*1-20(2)27(18-29(31)32)23-10-8-12-25(17-23)34-19-21-13-14-26(28(15-21)30(3,4)5)22-9-7-11-24(16-22)33-6;1-18(2,3)17-10-13(12-19)8-9-16(17)14-6-5-7-15(11-14)20-4;2*1-9(2)12(8-13(15)16-3)10-5-4-6-11(14)7-10/h2*7-17,27H,1,18-19H2,2-6H3,(H,31,32);5-11H,12H2,1-4H3;2*4-7,12,14H,1,8H2,2-3H3/t2*27-;;2*12-/m10.10/s1. The van der Waals surface area contributed by atoms with E-state index in [0.717, 1.165) is 89.6 Å². The predicted octanol–water partition coefficient (Wildman–Crippen LogP) is 25.4. The summed E-state index contributed by atoms with van der Waals surface area (Å²) in [4.78, 5) is 45.1. The van der Waals surface area contributed by atoms with Crippen molar-refractivity contribution in [3.05, 3.63) is 329 Å². The molecule has 0 aromatic heterocycles. The number of carboxylic acids is 2. The molecule has 0 saturated carbocycles. The van der Waals surface area contributed by atoms with Crippen LogP contribution in [0.5, 0.6) is 40.2 Å². The molecule has 0 saturated heterocycles. The molecule has 0 radical (unpaired) electrons. The third kappa shape index (κ3) is 30.1. The van der Waals surface area contributed by atoms with E-state index in [0.29, 0.717) is 30.6 Å². The summed E-state index contributed by atoms with van der Waals surface area (Å²) in [6.07, 6.45) is 0.517. The molecule has 120 heavy (non-hydrogen) atoms. The lowest BCUT2D eigenvalue weighted by molar-refractivity contribution is -0.141. The van der Waals surface area contributed by atoms with Crippen molar-refractivity contribution in [3.8, 4) is 73.6 Å². The number of halogens is 1. The zero-order chi connectivity index (χ0) is 88.8. The number of carbonyl (C=O) groups is 4. The van der Waals surface area contributed by atoms with Crippen LogP contribution in [0.15, 0.2) is 273 Å². The Bertz CT molecular complexity index is 4880. The van der Waals surface area contributed by atoms with Gasteiger partial charge in [0, 0.05) is 29.6 Å². The van der Waals surface area contributed by atoms with Crippen molar-refractivity contribution >= 4 is 35.5 Å². The molecule has 4 N–H and O–H groups in total. The minimum atomic E-state index is -0.842. The molecule has 4 atom stereocenters. The number of esters is 2. The molecule has 0 aliphatic rings. The molecule has 10 aromatic carbocycles. The number of ether oxygens (including phenoxy) is 7. The van der Waals surface area contributed by atoms with Crippen LogP contribution < -0.4 is 23.7 Å². The number of aliphatic carboxylic acids is 2. The lowest BCUT2D eigenvalue weighted by Gasteiger charge is -2.24. The van der Waals surface area contributed by atoms with Gasteiger partial charge in [0.05, 0.1) is 61.2 Å². The lowest BCUT2D eigenvalue weighted by Crippen LogP contribution is -2.14. The molecular weight excluding hydrogens is 1520 g/mol. The molecule has 0 unspecified atom stereocenters. The molecule has 0 heterocycles. The van der Waals surface area contributed by atoms with Gasteiger partial charge in [-0.1, -0.05) is 250 Å². The van der Waals surface area contributed by atoms with Crippen LogP contribution in [-0.4, -0.2) is 79.9 Å². The molecule has 0 bridgehead atoms. The van der Waals surface area contributed by atoms with Crippen molar-refractivity contribution < 1.29 is 72.8 Å². The van der Waals surface area contributed by atoms with Gasteiger partial charge in [0.25, 0.3) is 0 Å². The Morgan fingerprint density at radius 2 is 0.608 bits per heavy atom. The summed E-state index contributed by atoms with van der Waals surface area (Å²) in [7, 11) is 7.78. The number of phenols is 2. The van der Waals surface area contributed by atoms with Gasteiger partial charge in [0.15, 0.2) is 0 Å². The summed E-state index contributed by atoms with van der Waals surface area (Å²) in [6.45, 7) is 43.9. The Balaban J connectivity index is 0.000000242. The maximum Gasteiger partial charge on any atom is 0.306 e.